The molecule has 1 fully saturated rings. The molecule has 82 valence electrons. The van der Waals surface area contributed by atoms with Gasteiger partial charge in [-0.3, -0.25) is 0 Å². The number of hydrogen-bond donors (Lipinski definition) is 0. The zero-order valence-electron chi connectivity index (χ0n) is 8.97. The predicted octanol–water partition coefficient (Wildman–Crippen LogP) is 2.33. The van der Waals surface area contributed by atoms with E-state index in [1.807, 2.05) is 6.08 Å². The normalized spacial score (nSPS) is 38.7. The van der Waals surface area contributed by atoms with Crippen LogP contribution >= 0.6 is 0 Å². The first-order valence-electron chi connectivity index (χ1n) is 5.50. The highest BCUT2D eigenvalue weighted by atomic mass is 16.5. The van der Waals surface area contributed by atoms with Crippen molar-refractivity contribution in [2.24, 2.45) is 11.8 Å². The maximum absolute atomic E-state index is 5.78. The third-order valence-corrected chi connectivity index (χ3v) is 3.19. The molecule has 0 N–H and O–H groups in total. The molecule has 2 heteroatoms. The monoisotopic (exact) mass is 206 g/mol. The molecular formula is C13H18O2. The van der Waals surface area contributed by atoms with E-state index >= 15 is 0 Å². The summed E-state index contributed by atoms with van der Waals surface area (Å²) in [6, 6.07) is 0. The summed E-state index contributed by atoms with van der Waals surface area (Å²) in [4.78, 5) is 0. The average molecular weight is 206 g/mol. The minimum atomic E-state index is 0.149. The summed E-state index contributed by atoms with van der Waals surface area (Å²) in [5.74, 6) is 0.902. The van der Waals surface area contributed by atoms with Crippen molar-refractivity contribution in [3.05, 3.63) is 37.5 Å². The van der Waals surface area contributed by atoms with Gasteiger partial charge in [-0.1, -0.05) is 24.3 Å². The SMILES string of the molecule is C=CCOC1C(C=C)CC2C=CCOC21. The molecule has 0 amide bonds. The van der Waals surface area contributed by atoms with Gasteiger partial charge in [-0.15, -0.1) is 13.2 Å². The van der Waals surface area contributed by atoms with E-state index in [0.29, 0.717) is 25.0 Å². The van der Waals surface area contributed by atoms with Crippen LogP contribution in [0.4, 0.5) is 0 Å². The minimum Gasteiger partial charge on any atom is -0.371 e. The molecule has 2 nitrogen and oxygen atoms in total. The van der Waals surface area contributed by atoms with Crippen LogP contribution < -0.4 is 0 Å². The van der Waals surface area contributed by atoms with E-state index in [1.165, 1.54) is 0 Å². The van der Waals surface area contributed by atoms with Crippen LogP contribution in [0.3, 0.4) is 0 Å². The molecule has 1 heterocycles. The third kappa shape index (κ3) is 2.06. The van der Waals surface area contributed by atoms with Crippen molar-refractivity contribution in [2.45, 2.75) is 18.6 Å². The summed E-state index contributed by atoms with van der Waals surface area (Å²) >= 11 is 0. The van der Waals surface area contributed by atoms with Crippen molar-refractivity contribution in [3.63, 3.8) is 0 Å². The lowest BCUT2D eigenvalue weighted by atomic mass is 10.0. The topological polar surface area (TPSA) is 18.5 Å². The second kappa shape index (κ2) is 4.77. The fourth-order valence-corrected chi connectivity index (χ4v) is 2.50. The van der Waals surface area contributed by atoms with E-state index in [9.17, 15) is 0 Å². The van der Waals surface area contributed by atoms with Crippen LogP contribution in [0, 0.1) is 11.8 Å². The molecule has 0 radical (unpaired) electrons. The van der Waals surface area contributed by atoms with Gasteiger partial charge in [0.25, 0.3) is 0 Å². The molecule has 0 aromatic heterocycles. The number of rotatable bonds is 4. The van der Waals surface area contributed by atoms with Crippen LogP contribution in [-0.4, -0.2) is 25.4 Å². The number of fused-ring (bicyclic) bond motifs is 1. The van der Waals surface area contributed by atoms with Crippen molar-refractivity contribution in [3.8, 4) is 0 Å². The highest BCUT2D eigenvalue weighted by Gasteiger charge is 2.43. The Balaban J connectivity index is 2.07. The summed E-state index contributed by atoms with van der Waals surface area (Å²) in [7, 11) is 0. The summed E-state index contributed by atoms with van der Waals surface area (Å²) in [6.45, 7) is 8.84. The van der Waals surface area contributed by atoms with Crippen molar-refractivity contribution < 1.29 is 9.47 Å². The quantitative estimate of drug-likeness (QED) is 0.657. The molecule has 0 aromatic carbocycles. The predicted molar refractivity (Wildman–Crippen MR) is 60.6 cm³/mol. The Morgan fingerprint density at radius 3 is 3.07 bits per heavy atom. The Bertz CT molecular complexity index is 270. The van der Waals surface area contributed by atoms with Gasteiger partial charge in [0.2, 0.25) is 0 Å². The molecule has 0 bridgehead atoms. The summed E-state index contributed by atoms with van der Waals surface area (Å²) in [5.41, 5.74) is 0. The largest absolute Gasteiger partial charge is 0.371 e. The molecule has 4 unspecified atom stereocenters. The summed E-state index contributed by atoms with van der Waals surface area (Å²) in [5, 5.41) is 0. The Kier molecular flexibility index (Phi) is 3.39. The number of ether oxygens (including phenoxy) is 2. The van der Waals surface area contributed by atoms with E-state index < -0.39 is 0 Å². The Labute approximate surface area is 91.3 Å². The van der Waals surface area contributed by atoms with Crippen molar-refractivity contribution >= 4 is 0 Å². The molecule has 2 aliphatic rings. The molecule has 15 heavy (non-hydrogen) atoms. The molecule has 1 aliphatic carbocycles. The first-order valence-corrected chi connectivity index (χ1v) is 5.50. The Morgan fingerprint density at radius 1 is 1.47 bits per heavy atom. The van der Waals surface area contributed by atoms with Crippen LogP contribution in [0.25, 0.3) is 0 Å². The molecule has 2 rings (SSSR count). The minimum absolute atomic E-state index is 0.149. The molecule has 0 spiro atoms. The molecular weight excluding hydrogens is 188 g/mol. The van der Waals surface area contributed by atoms with Gasteiger partial charge in [0.15, 0.2) is 0 Å². The maximum Gasteiger partial charge on any atom is 0.0909 e. The van der Waals surface area contributed by atoms with E-state index in [0.717, 1.165) is 6.42 Å². The molecule has 1 aliphatic heterocycles. The van der Waals surface area contributed by atoms with Gasteiger partial charge in [0.1, 0.15) is 0 Å². The lowest BCUT2D eigenvalue weighted by molar-refractivity contribution is -0.0632. The van der Waals surface area contributed by atoms with Crippen LogP contribution in [0.15, 0.2) is 37.5 Å². The second-order valence-corrected chi connectivity index (χ2v) is 4.11. The third-order valence-electron chi connectivity index (χ3n) is 3.19. The standard InChI is InChI=1S/C13H18O2/c1-3-7-14-12-10(4-2)9-11-6-5-8-15-13(11)12/h3-6,10-13H,1-2,7-9H2. The first-order chi connectivity index (χ1) is 7.36. The van der Waals surface area contributed by atoms with E-state index in [2.05, 4.69) is 25.3 Å². The lowest BCUT2D eigenvalue weighted by Crippen LogP contribution is -2.34. The highest BCUT2D eigenvalue weighted by molar-refractivity contribution is 5.09. The number of hydrogen-bond acceptors (Lipinski definition) is 2. The maximum atomic E-state index is 5.78. The lowest BCUT2D eigenvalue weighted by Gasteiger charge is -2.27. The Hall–Kier alpha value is -0.860. The molecule has 4 atom stereocenters. The molecule has 0 aromatic rings. The molecule has 0 saturated heterocycles. The van der Waals surface area contributed by atoms with Gasteiger partial charge in [-0.2, -0.15) is 0 Å². The van der Waals surface area contributed by atoms with Crippen LogP contribution in [-0.2, 0) is 9.47 Å². The van der Waals surface area contributed by atoms with Gasteiger partial charge in [0.05, 0.1) is 25.4 Å². The first kappa shape index (κ1) is 10.7. The average Bonchev–Trinajstić information content (AvgIpc) is 2.64. The van der Waals surface area contributed by atoms with Crippen molar-refractivity contribution in [1.29, 1.82) is 0 Å². The zero-order chi connectivity index (χ0) is 10.7. The van der Waals surface area contributed by atoms with Gasteiger partial charge in [-0.25, -0.2) is 0 Å². The van der Waals surface area contributed by atoms with Gasteiger partial charge in [-0.05, 0) is 6.42 Å². The fourth-order valence-electron chi connectivity index (χ4n) is 2.50. The van der Waals surface area contributed by atoms with Gasteiger partial charge in [0, 0.05) is 11.8 Å². The summed E-state index contributed by atoms with van der Waals surface area (Å²) in [6.07, 6.45) is 9.56. The van der Waals surface area contributed by atoms with Crippen LogP contribution in [0.5, 0.6) is 0 Å². The fraction of sp³-hybridized carbons (Fsp3) is 0.538. The summed E-state index contributed by atoms with van der Waals surface area (Å²) < 4.78 is 11.5. The van der Waals surface area contributed by atoms with Gasteiger partial charge >= 0.3 is 0 Å². The van der Waals surface area contributed by atoms with Crippen LogP contribution in [0.2, 0.25) is 0 Å². The van der Waals surface area contributed by atoms with Crippen LogP contribution in [0.1, 0.15) is 6.42 Å². The van der Waals surface area contributed by atoms with E-state index in [4.69, 9.17) is 9.47 Å². The van der Waals surface area contributed by atoms with Crippen molar-refractivity contribution in [2.75, 3.05) is 13.2 Å². The van der Waals surface area contributed by atoms with Gasteiger partial charge < -0.3 is 9.47 Å². The van der Waals surface area contributed by atoms with E-state index in [-0.39, 0.29) is 12.2 Å². The molecule has 1 saturated carbocycles. The smallest absolute Gasteiger partial charge is 0.0909 e. The zero-order valence-corrected chi connectivity index (χ0v) is 8.97. The Morgan fingerprint density at radius 2 is 2.33 bits per heavy atom. The highest BCUT2D eigenvalue weighted by Crippen LogP contribution is 2.38. The van der Waals surface area contributed by atoms with Crippen molar-refractivity contribution in [1.82, 2.24) is 0 Å². The van der Waals surface area contributed by atoms with E-state index in [1.54, 1.807) is 6.08 Å². The second-order valence-electron chi connectivity index (χ2n) is 4.11.